The van der Waals surface area contributed by atoms with Gasteiger partial charge in [0.05, 0.1) is 0 Å². The van der Waals surface area contributed by atoms with Gasteiger partial charge in [0.1, 0.15) is 0 Å². The van der Waals surface area contributed by atoms with Gasteiger partial charge in [0.25, 0.3) is 0 Å². The van der Waals surface area contributed by atoms with Gasteiger partial charge in [-0.15, -0.1) is 0 Å². The molecule has 0 unspecified atom stereocenters. The maximum atomic E-state index is 11.2. The van der Waals surface area contributed by atoms with Gasteiger partial charge in [0.15, 0.2) is 0 Å². The van der Waals surface area contributed by atoms with E-state index in [2.05, 4.69) is 21.3 Å². The van der Waals surface area contributed by atoms with E-state index in [0.717, 1.165) is 0 Å². The van der Waals surface area contributed by atoms with Crippen LogP contribution in [0.25, 0.3) is 0 Å². The molecule has 0 aromatic rings. The molecule has 4 N–H and O–H groups in total. The van der Waals surface area contributed by atoms with Crippen LogP contribution in [-0.2, 0) is 9.59 Å². The third-order valence-electron chi connectivity index (χ3n) is 2.17. The first-order valence-corrected chi connectivity index (χ1v) is 9.38. The van der Waals surface area contributed by atoms with Crippen molar-refractivity contribution in [1.29, 1.82) is 0 Å². The number of amides is 6. The Morgan fingerprint density at radius 1 is 0.727 bits per heavy atom. The van der Waals surface area contributed by atoms with Crippen LogP contribution in [0.15, 0.2) is 0 Å². The third kappa shape index (κ3) is 12.3. The normalized spacial score (nSPS) is 9.73. The maximum absolute atomic E-state index is 11.2. The lowest BCUT2D eigenvalue weighted by atomic mass is 10.5. The van der Waals surface area contributed by atoms with Crippen molar-refractivity contribution in [2.75, 3.05) is 24.6 Å². The Morgan fingerprint density at radius 3 is 1.41 bits per heavy atom. The molecule has 0 aliphatic heterocycles. The fraction of sp³-hybridized carbons (Fsp3) is 0.667. The summed E-state index contributed by atoms with van der Waals surface area (Å²) in [6.07, 6.45) is 0.533. The van der Waals surface area contributed by atoms with Gasteiger partial charge in [-0.3, -0.25) is 20.2 Å². The summed E-state index contributed by atoms with van der Waals surface area (Å²) in [5, 5.41) is 9.50. The molecule has 0 heterocycles. The number of carbonyl (C=O) groups is 4. The van der Waals surface area contributed by atoms with Crippen molar-refractivity contribution in [3.8, 4) is 0 Å². The molecule has 0 aliphatic carbocycles. The lowest BCUT2D eigenvalue weighted by Crippen LogP contribution is -2.40. The molecule has 10 heteroatoms. The highest BCUT2D eigenvalue weighted by molar-refractivity contribution is 8.76. The molecule has 0 aromatic heterocycles. The minimum absolute atomic E-state index is 0.266. The zero-order valence-electron chi connectivity index (χ0n) is 12.7. The average Bonchev–Trinajstić information content (AvgIpc) is 2.49. The topological polar surface area (TPSA) is 116 Å². The molecule has 0 saturated heterocycles. The van der Waals surface area contributed by atoms with E-state index in [9.17, 15) is 19.2 Å². The van der Waals surface area contributed by atoms with E-state index in [1.165, 1.54) is 0 Å². The lowest BCUT2D eigenvalue weighted by molar-refractivity contribution is -0.120. The van der Waals surface area contributed by atoms with Crippen LogP contribution in [0.2, 0.25) is 0 Å². The number of imide groups is 2. The Morgan fingerprint density at radius 2 is 1.09 bits per heavy atom. The van der Waals surface area contributed by atoms with E-state index in [4.69, 9.17) is 0 Å². The first-order valence-electron chi connectivity index (χ1n) is 6.89. The van der Waals surface area contributed by atoms with Crippen LogP contribution in [-0.4, -0.2) is 48.5 Å². The van der Waals surface area contributed by atoms with Crippen LogP contribution < -0.4 is 21.3 Å². The molecule has 0 rings (SSSR count). The van der Waals surface area contributed by atoms with Gasteiger partial charge in [-0.05, 0) is 0 Å². The molecular formula is C12H22N4O4S2. The van der Waals surface area contributed by atoms with Crippen LogP contribution in [0.4, 0.5) is 9.59 Å². The van der Waals surface area contributed by atoms with Gasteiger partial charge >= 0.3 is 12.1 Å². The van der Waals surface area contributed by atoms with E-state index < -0.39 is 12.1 Å². The number of nitrogens with one attached hydrogen (secondary N) is 4. The quantitative estimate of drug-likeness (QED) is 0.362. The van der Waals surface area contributed by atoms with E-state index in [1.807, 2.05) is 0 Å². The van der Waals surface area contributed by atoms with Gasteiger partial charge in [-0.1, -0.05) is 35.4 Å². The number of hydrogen-bond acceptors (Lipinski definition) is 6. The Bertz CT molecular complexity index is 357. The maximum Gasteiger partial charge on any atom is 0.321 e. The molecule has 8 nitrogen and oxygen atoms in total. The summed E-state index contributed by atoms with van der Waals surface area (Å²) < 4.78 is 0. The Hall–Kier alpha value is -1.42. The standard InChI is InChI=1S/C12H22N4O4S2/c1-3-9(17)15-11(19)13-5-7-21-22-8-6-14-12(20)16-10(18)4-2/h3-8H2,1-2H3,(H2,13,15,17,19)(H2,14,16,18,20). The summed E-state index contributed by atoms with van der Waals surface area (Å²) in [5.74, 6) is 0.730. The minimum atomic E-state index is -0.489. The molecule has 22 heavy (non-hydrogen) atoms. The van der Waals surface area contributed by atoms with Crippen molar-refractivity contribution in [3.63, 3.8) is 0 Å². The minimum Gasteiger partial charge on any atom is -0.337 e. The Kier molecular flexibility index (Phi) is 12.4. The summed E-state index contributed by atoms with van der Waals surface area (Å²) in [4.78, 5) is 44.2. The lowest BCUT2D eigenvalue weighted by Gasteiger charge is -2.06. The Labute approximate surface area is 137 Å². The summed E-state index contributed by atoms with van der Waals surface area (Å²) in [6.45, 7) is 4.22. The third-order valence-corrected chi connectivity index (χ3v) is 4.58. The SMILES string of the molecule is CCC(=O)NC(=O)NCCSSCCNC(=O)NC(=O)CC. The number of hydrogen-bond donors (Lipinski definition) is 4. The molecule has 6 amide bonds. The zero-order valence-corrected chi connectivity index (χ0v) is 14.3. The van der Waals surface area contributed by atoms with Crippen LogP contribution in [0, 0.1) is 0 Å². The molecule has 0 aromatic carbocycles. The van der Waals surface area contributed by atoms with Crippen LogP contribution in [0.1, 0.15) is 26.7 Å². The van der Waals surface area contributed by atoms with Gasteiger partial charge < -0.3 is 10.6 Å². The smallest absolute Gasteiger partial charge is 0.321 e. The largest absolute Gasteiger partial charge is 0.337 e. The highest BCUT2D eigenvalue weighted by atomic mass is 33.1. The molecule has 126 valence electrons. The highest BCUT2D eigenvalue weighted by Gasteiger charge is 2.05. The number of carbonyl (C=O) groups excluding carboxylic acids is 4. The van der Waals surface area contributed by atoms with E-state index in [-0.39, 0.29) is 24.7 Å². The first-order chi connectivity index (χ1) is 10.5. The molecule has 0 atom stereocenters. The molecule has 0 radical (unpaired) electrons. The molecule has 0 aliphatic rings. The molecule has 0 saturated carbocycles. The second-order valence-electron chi connectivity index (χ2n) is 3.96. The van der Waals surface area contributed by atoms with Crippen LogP contribution in [0.5, 0.6) is 0 Å². The summed E-state index contributed by atoms with van der Waals surface area (Å²) in [7, 11) is 3.08. The number of urea groups is 2. The predicted octanol–water partition coefficient (Wildman–Crippen LogP) is 0.839. The molecule has 0 bridgehead atoms. The second-order valence-corrected chi connectivity index (χ2v) is 6.66. The van der Waals surface area contributed by atoms with Crippen molar-refractivity contribution in [1.82, 2.24) is 21.3 Å². The second kappa shape index (κ2) is 13.3. The highest BCUT2D eigenvalue weighted by Crippen LogP contribution is 2.19. The fourth-order valence-electron chi connectivity index (χ4n) is 1.05. The van der Waals surface area contributed by atoms with E-state index in [1.54, 1.807) is 35.4 Å². The molecular weight excluding hydrogens is 328 g/mol. The Balaban J connectivity index is 3.40. The molecule has 0 fully saturated rings. The van der Waals surface area contributed by atoms with E-state index in [0.29, 0.717) is 24.6 Å². The van der Waals surface area contributed by atoms with Crippen LogP contribution >= 0.6 is 21.6 Å². The van der Waals surface area contributed by atoms with Gasteiger partial charge in [0.2, 0.25) is 11.8 Å². The molecule has 0 spiro atoms. The monoisotopic (exact) mass is 350 g/mol. The number of rotatable bonds is 9. The summed E-state index contributed by atoms with van der Waals surface area (Å²) in [6, 6.07) is -0.979. The van der Waals surface area contributed by atoms with Gasteiger partial charge in [0, 0.05) is 37.4 Å². The van der Waals surface area contributed by atoms with Crippen molar-refractivity contribution < 1.29 is 19.2 Å². The first kappa shape index (κ1) is 20.6. The average molecular weight is 350 g/mol. The predicted molar refractivity (Wildman–Crippen MR) is 88.6 cm³/mol. The van der Waals surface area contributed by atoms with Crippen molar-refractivity contribution in [2.45, 2.75) is 26.7 Å². The van der Waals surface area contributed by atoms with Crippen molar-refractivity contribution >= 4 is 45.5 Å². The van der Waals surface area contributed by atoms with Crippen LogP contribution in [0.3, 0.4) is 0 Å². The van der Waals surface area contributed by atoms with Gasteiger partial charge in [-0.2, -0.15) is 0 Å². The van der Waals surface area contributed by atoms with Crippen molar-refractivity contribution in [3.05, 3.63) is 0 Å². The van der Waals surface area contributed by atoms with Gasteiger partial charge in [-0.25, -0.2) is 9.59 Å². The summed E-state index contributed by atoms with van der Waals surface area (Å²) >= 11 is 0. The van der Waals surface area contributed by atoms with Crippen molar-refractivity contribution in [2.24, 2.45) is 0 Å². The fourth-order valence-corrected chi connectivity index (χ4v) is 2.86. The zero-order chi connectivity index (χ0) is 16.8. The summed E-state index contributed by atoms with van der Waals surface area (Å²) in [5.41, 5.74) is 0. The van der Waals surface area contributed by atoms with E-state index >= 15 is 0 Å².